The first kappa shape index (κ1) is 29.1. The molecule has 1 aromatic heterocycles. The van der Waals surface area contributed by atoms with Crippen LogP contribution < -0.4 is 13.8 Å². The highest BCUT2D eigenvalue weighted by Crippen LogP contribution is 2.29. The predicted molar refractivity (Wildman–Crippen MR) is 145 cm³/mol. The lowest BCUT2D eigenvalue weighted by Gasteiger charge is -2.23. The SMILES string of the molecule is O=[N+]([O-])c1sccc1CC(NS(=O)(=O)c1ccccc1)S(=O)(=O)Oc1ccc(N(CCCl)CCCl)cc1. The van der Waals surface area contributed by atoms with Gasteiger partial charge in [-0.1, -0.05) is 29.5 Å². The molecule has 10 nitrogen and oxygen atoms in total. The molecule has 0 aliphatic carbocycles. The van der Waals surface area contributed by atoms with Crippen LogP contribution in [0.25, 0.3) is 0 Å². The van der Waals surface area contributed by atoms with Gasteiger partial charge in [-0.15, -0.1) is 23.2 Å². The van der Waals surface area contributed by atoms with Gasteiger partial charge in [-0.2, -0.15) is 13.1 Å². The van der Waals surface area contributed by atoms with E-state index in [1.54, 1.807) is 18.2 Å². The molecule has 200 valence electrons. The zero-order valence-electron chi connectivity index (χ0n) is 19.2. The van der Waals surface area contributed by atoms with Crippen molar-refractivity contribution < 1.29 is 25.9 Å². The number of benzene rings is 2. The number of nitro groups is 1. The highest BCUT2D eigenvalue weighted by Gasteiger charge is 2.35. The second-order valence-corrected chi connectivity index (χ2v) is 12.7. The predicted octanol–water partition coefficient (Wildman–Crippen LogP) is 4.20. The van der Waals surface area contributed by atoms with E-state index in [1.807, 2.05) is 4.90 Å². The first-order valence-electron chi connectivity index (χ1n) is 10.8. The highest BCUT2D eigenvalue weighted by molar-refractivity contribution is 7.92. The quantitative estimate of drug-likeness (QED) is 0.125. The highest BCUT2D eigenvalue weighted by atomic mass is 35.5. The van der Waals surface area contributed by atoms with E-state index in [-0.39, 0.29) is 21.2 Å². The van der Waals surface area contributed by atoms with Crippen LogP contribution in [-0.2, 0) is 26.6 Å². The van der Waals surface area contributed by atoms with E-state index < -0.39 is 36.9 Å². The largest absolute Gasteiger partial charge is 0.381 e. The Morgan fingerprint density at radius 2 is 1.59 bits per heavy atom. The number of alkyl halides is 2. The van der Waals surface area contributed by atoms with Crippen molar-refractivity contribution in [1.29, 1.82) is 0 Å². The molecule has 0 radical (unpaired) electrons. The van der Waals surface area contributed by atoms with Gasteiger partial charge in [0.05, 0.1) is 9.82 Å². The molecular formula is C22H23Cl2N3O7S3. The molecule has 0 saturated heterocycles. The average Bonchev–Trinajstić information content (AvgIpc) is 3.33. The van der Waals surface area contributed by atoms with Crippen LogP contribution in [0.3, 0.4) is 0 Å². The van der Waals surface area contributed by atoms with Crippen LogP contribution in [0, 0.1) is 10.1 Å². The summed E-state index contributed by atoms with van der Waals surface area (Å²) in [7, 11) is -8.96. The van der Waals surface area contributed by atoms with E-state index in [4.69, 9.17) is 27.4 Å². The van der Waals surface area contributed by atoms with E-state index >= 15 is 0 Å². The summed E-state index contributed by atoms with van der Waals surface area (Å²) in [6.07, 6.45) is -0.522. The van der Waals surface area contributed by atoms with E-state index in [0.29, 0.717) is 24.8 Å². The van der Waals surface area contributed by atoms with Gasteiger partial charge in [0, 0.05) is 42.5 Å². The van der Waals surface area contributed by atoms with E-state index in [9.17, 15) is 26.9 Å². The number of hydrogen-bond acceptors (Lipinski definition) is 9. The average molecular weight is 609 g/mol. The molecule has 1 unspecified atom stereocenters. The van der Waals surface area contributed by atoms with E-state index in [2.05, 4.69) is 4.72 Å². The molecule has 1 atom stereocenters. The van der Waals surface area contributed by atoms with Gasteiger partial charge in [-0.25, -0.2) is 8.42 Å². The molecule has 15 heteroatoms. The van der Waals surface area contributed by atoms with Crippen molar-refractivity contribution in [3.63, 3.8) is 0 Å². The molecule has 0 fully saturated rings. The van der Waals surface area contributed by atoms with Gasteiger partial charge in [-0.3, -0.25) is 10.1 Å². The summed E-state index contributed by atoms with van der Waals surface area (Å²) in [6, 6.07) is 14.6. The number of sulfonamides is 1. The number of thiophene rings is 1. The van der Waals surface area contributed by atoms with Crippen LogP contribution in [0.2, 0.25) is 0 Å². The number of halogens is 2. The lowest BCUT2D eigenvalue weighted by molar-refractivity contribution is -0.380. The number of nitrogens with one attached hydrogen (secondary N) is 1. The van der Waals surface area contributed by atoms with Crippen molar-refractivity contribution in [2.24, 2.45) is 0 Å². The topological polar surface area (TPSA) is 136 Å². The van der Waals surface area contributed by atoms with Crippen molar-refractivity contribution >= 4 is 65.4 Å². The Morgan fingerprint density at radius 1 is 0.973 bits per heavy atom. The molecule has 0 saturated carbocycles. The van der Waals surface area contributed by atoms with Crippen LogP contribution >= 0.6 is 34.5 Å². The number of anilines is 1. The standard InChI is InChI=1S/C22H23Cl2N3O7S3/c23-11-13-26(14-12-24)18-6-8-19(9-7-18)34-37(32,33)21(16-17-10-15-35-22(17)27(28)29)25-36(30,31)20-4-2-1-3-5-20/h1-10,15,21,25H,11-14,16H2. The Labute approximate surface area is 229 Å². The van der Waals surface area contributed by atoms with Gasteiger partial charge < -0.3 is 9.08 Å². The zero-order chi connectivity index (χ0) is 27.1. The minimum Gasteiger partial charge on any atom is -0.381 e. The summed E-state index contributed by atoms with van der Waals surface area (Å²) < 4.78 is 59.8. The minimum atomic E-state index is -4.65. The van der Waals surface area contributed by atoms with Gasteiger partial charge >= 0.3 is 15.1 Å². The number of hydrogen-bond donors (Lipinski definition) is 1. The van der Waals surface area contributed by atoms with Crippen molar-refractivity contribution in [2.45, 2.75) is 16.7 Å². The summed E-state index contributed by atoms with van der Waals surface area (Å²) in [4.78, 5) is 12.5. The summed E-state index contributed by atoms with van der Waals surface area (Å²) >= 11 is 12.5. The van der Waals surface area contributed by atoms with Crippen LogP contribution in [0.1, 0.15) is 5.56 Å². The maximum absolute atomic E-state index is 13.3. The Balaban J connectivity index is 1.91. The van der Waals surface area contributed by atoms with Crippen LogP contribution in [0.15, 0.2) is 70.9 Å². The maximum atomic E-state index is 13.3. The van der Waals surface area contributed by atoms with Gasteiger partial charge in [0.15, 0.2) is 5.37 Å². The van der Waals surface area contributed by atoms with E-state index in [0.717, 1.165) is 17.0 Å². The van der Waals surface area contributed by atoms with Gasteiger partial charge in [0.1, 0.15) is 5.75 Å². The molecule has 3 aromatic rings. The van der Waals surface area contributed by atoms with E-state index in [1.165, 1.54) is 47.8 Å². The molecule has 1 heterocycles. The monoisotopic (exact) mass is 607 g/mol. The van der Waals surface area contributed by atoms with Gasteiger partial charge in [0.2, 0.25) is 10.0 Å². The van der Waals surface area contributed by atoms with Crippen LogP contribution in [0.5, 0.6) is 5.75 Å². The second kappa shape index (κ2) is 12.9. The van der Waals surface area contributed by atoms with Crippen molar-refractivity contribution in [1.82, 2.24) is 4.72 Å². The minimum absolute atomic E-state index is 0.0519. The van der Waals surface area contributed by atoms with Gasteiger partial charge in [0.25, 0.3) is 0 Å². The Bertz CT molecular complexity index is 1390. The van der Waals surface area contributed by atoms with Crippen LogP contribution in [0.4, 0.5) is 10.7 Å². The maximum Gasteiger partial charge on any atom is 0.327 e. The summed E-state index contributed by atoms with van der Waals surface area (Å²) in [5, 5.41) is 10.7. The molecule has 0 bridgehead atoms. The fourth-order valence-corrected chi connectivity index (χ4v) is 7.33. The number of nitrogens with zero attached hydrogens (tertiary/aromatic N) is 2. The Morgan fingerprint density at radius 3 is 2.16 bits per heavy atom. The molecular weight excluding hydrogens is 585 g/mol. The molecule has 2 aromatic carbocycles. The van der Waals surface area contributed by atoms with Gasteiger partial charge in [-0.05, 0) is 47.8 Å². The molecule has 0 aliphatic heterocycles. The molecule has 0 spiro atoms. The molecule has 0 aliphatic rings. The normalized spacial score (nSPS) is 12.7. The zero-order valence-corrected chi connectivity index (χ0v) is 23.2. The summed E-state index contributed by atoms with van der Waals surface area (Å²) in [5.74, 6) is 0.660. The summed E-state index contributed by atoms with van der Waals surface area (Å²) in [5.41, 5.74) is 0.789. The third-order valence-electron chi connectivity index (χ3n) is 5.11. The summed E-state index contributed by atoms with van der Waals surface area (Å²) in [6.45, 7) is 1.05. The molecule has 0 amide bonds. The van der Waals surface area contributed by atoms with Crippen molar-refractivity contribution in [3.8, 4) is 5.75 Å². The Hall–Kier alpha value is -2.42. The molecule has 3 rings (SSSR count). The van der Waals surface area contributed by atoms with Crippen molar-refractivity contribution in [2.75, 3.05) is 29.7 Å². The first-order chi connectivity index (χ1) is 17.6. The smallest absolute Gasteiger partial charge is 0.327 e. The molecule has 37 heavy (non-hydrogen) atoms. The third kappa shape index (κ3) is 7.79. The lowest BCUT2D eigenvalue weighted by Crippen LogP contribution is -2.44. The number of rotatable bonds is 14. The fraction of sp³-hybridized carbons (Fsp3) is 0.273. The lowest BCUT2D eigenvalue weighted by atomic mass is 10.2. The van der Waals surface area contributed by atoms with Crippen molar-refractivity contribution in [3.05, 3.63) is 81.7 Å². The fourth-order valence-electron chi connectivity index (χ4n) is 3.37. The first-order valence-corrected chi connectivity index (χ1v) is 15.7. The second-order valence-electron chi connectivity index (χ2n) is 7.57. The Kier molecular flexibility index (Phi) is 10.2. The third-order valence-corrected chi connectivity index (χ3v) is 9.39. The molecule has 1 N–H and O–H groups in total. The van der Waals surface area contributed by atoms with Crippen LogP contribution in [-0.4, -0.2) is 52.0 Å².